The molecule has 15 aromatic heterocycles. The molecule has 21 heteroatoms. The molecular formula is C108H76N20O. The van der Waals surface area contributed by atoms with Crippen molar-refractivity contribution in [3.63, 3.8) is 0 Å². The number of phenolic OH excluding ortho intramolecular Hbond substituents is 1. The van der Waals surface area contributed by atoms with Gasteiger partial charge in [-0.25, -0.2) is 47.5 Å². The lowest BCUT2D eigenvalue weighted by atomic mass is 10.0. The van der Waals surface area contributed by atoms with Crippen LogP contribution < -0.4 is 0 Å². The van der Waals surface area contributed by atoms with Gasteiger partial charge in [0.1, 0.15) is 5.75 Å². The molecule has 25 rings (SSSR count). The van der Waals surface area contributed by atoms with Crippen LogP contribution in [0, 0.1) is 20.8 Å². The summed E-state index contributed by atoms with van der Waals surface area (Å²) in [7, 11) is 0. The van der Waals surface area contributed by atoms with Crippen LogP contribution in [0.1, 0.15) is 16.7 Å². The van der Waals surface area contributed by atoms with Crippen molar-refractivity contribution < 1.29 is 5.11 Å². The van der Waals surface area contributed by atoms with Crippen LogP contribution in [-0.2, 0) is 0 Å². The predicted octanol–water partition coefficient (Wildman–Crippen LogP) is 23.7. The Balaban J connectivity index is 0.0000000978. The highest BCUT2D eigenvalue weighted by molar-refractivity contribution is 6.01. The van der Waals surface area contributed by atoms with Gasteiger partial charge in [-0.05, 0) is 132 Å². The molecule has 0 amide bonds. The molecule has 0 saturated heterocycles. The minimum Gasteiger partial charge on any atom is -0.508 e. The Labute approximate surface area is 738 Å². The molecule has 0 unspecified atom stereocenters. The highest BCUT2D eigenvalue weighted by Crippen LogP contribution is 2.38. The summed E-state index contributed by atoms with van der Waals surface area (Å²) in [5.41, 5.74) is 33.7. The number of phenols is 1. The van der Waals surface area contributed by atoms with E-state index in [0.29, 0.717) is 0 Å². The molecular weight excluding hydrogens is 1590 g/mol. The number of aromatic nitrogens is 20. The van der Waals surface area contributed by atoms with E-state index in [-0.39, 0.29) is 5.75 Å². The Morgan fingerprint density at radius 3 is 0.992 bits per heavy atom. The lowest BCUT2D eigenvalue weighted by molar-refractivity contribution is 0.475. The summed E-state index contributed by atoms with van der Waals surface area (Å²) in [4.78, 5) is 45.8. The average Bonchev–Trinajstić information content (AvgIpc) is 1.67. The van der Waals surface area contributed by atoms with Crippen molar-refractivity contribution in [3.8, 4) is 117 Å². The lowest BCUT2D eigenvalue weighted by Gasteiger charge is -2.05. The summed E-state index contributed by atoms with van der Waals surface area (Å²) in [6, 6.07) is 93.4. The number of pyridine rings is 5. The molecule has 0 aliphatic rings. The van der Waals surface area contributed by atoms with Gasteiger partial charge in [-0.2, -0.15) is 25.5 Å². The quantitative estimate of drug-likeness (QED) is 0.134. The van der Waals surface area contributed by atoms with E-state index < -0.39 is 0 Å². The summed E-state index contributed by atoms with van der Waals surface area (Å²) in [5, 5.41) is 37.6. The van der Waals surface area contributed by atoms with E-state index in [9.17, 15) is 5.11 Å². The zero-order valence-corrected chi connectivity index (χ0v) is 70.0. The van der Waals surface area contributed by atoms with Crippen LogP contribution in [0.4, 0.5) is 0 Å². The van der Waals surface area contributed by atoms with Crippen molar-refractivity contribution in [2.24, 2.45) is 0 Å². The van der Waals surface area contributed by atoms with Gasteiger partial charge in [-0.3, -0.25) is 24.9 Å². The van der Waals surface area contributed by atoms with Gasteiger partial charge in [0.2, 0.25) is 0 Å². The summed E-state index contributed by atoms with van der Waals surface area (Å²) in [6.07, 6.45) is 38.0. The average molecular weight is 1670 g/mol. The van der Waals surface area contributed by atoms with Gasteiger partial charge in [-0.15, -0.1) is 0 Å². The Morgan fingerprint density at radius 1 is 0.202 bits per heavy atom. The Bertz CT molecular complexity index is 7940. The minimum atomic E-state index is 0.244. The van der Waals surface area contributed by atoms with Crippen LogP contribution in [0.25, 0.3) is 194 Å². The van der Waals surface area contributed by atoms with Gasteiger partial charge in [0, 0.05) is 187 Å². The number of rotatable bonds is 10. The van der Waals surface area contributed by atoms with E-state index in [1.54, 1.807) is 16.6 Å². The number of hydrogen-bond acceptors (Lipinski definition) is 16. The number of aromatic hydroxyl groups is 1. The summed E-state index contributed by atoms with van der Waals surface area (Å²) in [5.74, 6) is 0.244. The molecule has 25 aromatic rings. The predicted molar refractivity (Wildman–Crippen MR) is 512 cm³/mol. The molecule has 0 bridgehead atoms. The van der Waals surface area contributed by atoms with Gasteiger partial charge in [-0.1, -0.05) is 229 Å². The van der Waals surface area contributed by atoms with E-state index in [1.807, 2.05) is 269 Å². The van der Waals surface area contributed by atoms with E-state index in [4.69, 9.17) is 9.97 Å². The van der Waals surface area contributed by atoms with Crippen molar-refractivity contribution in [2.45, 2.75) is 20.8 Å². The SMILES string of the molecule is Cc1ccc(-c2cnc3c(-c4cccc5cccnc45)cnn3c2)cc1.Cc1ccc(-c2cnc3c(-c4cccc5ncccc45)cnn3c2)cc1.Cc1ccc(-c2cnc3c(-c4cnc5ccccc5c4)cnn3c2)cc1.Oc1ccc(-c2cnc3c(-c4ccnc5ccccc45)cnn3c2)cc1.c1ccc(-c2cnc3c(-c4ccnc5ccccc45)cnn3c2)cc1. The number of benzene rings is 10. The van der Waals surface area contributed by atoms with E-state index in [2.05, 4.69) is 226 Å². The molecule has 0 radical (unpaired) electrons. The summed E-state index contributed by atoms with van der Waals surface area (Å²) >= 11 is 0. The van der Waals surface area contributed by atoms with Crippen molar-refractivity contribution >= 4 is 82.8 Å². The molecule has 0 aliphatic heterocycles. The first kappa shape index (κ1) is 78.4. The molecule has 10 aromatic carbocycles. The monoisotopic (exact) mass is 1670 g/mol. The number of aryl methyl sites for hydroxylation is 3. The third-order valence-corrected chi connectivity index (χ3v) is 22.9. The number of fused-ring (bicyclic) bond motifs is 10. The molecule has 0 aliphatic carbocycles. The molecule has 21 nitrogen and oxygen atoms in total. The Hall–Kier alpha value is -17.9. The van der Waals surface area contributed by atoms with Crippen molar-refractivity contribution in [1.82, 2.24) is 97.9 Å². The normalized spacial score (nSPS) is 11.2. The van der Waals surface area contributed by atoms with Crippen LogP contribution in [0.15, 0.2) is 403 Å². The smallest absolute Gasteiger partial charge is 0.162 e. The topological polar surface area (TPSA) is 236 Å². The second-order valence-corrected chi connectivity index (χ2v) is 31.3. The van der Waals surface area contributed by atoms with Gasteiger partial charge >= 0.3 is 0 Å². The van der Waals surface area contributed by atoms with Gasteiger partial charge in [0.25, 0.3) is 0 Å². The van der Waals surface area contributed by atoms with Crippen LogP contribution in [0.3, 0.4) is 0 Å². The molecule has 614 valence electrons. The maximum Gasteiger partial charge on any atom is 0.162 e. The zero-order valence-electron chi connectivity index (χ0n) is 70.0. The van der Waals surface area contributed by atoms with E-state index >= 15 is 0 Å². The van der Waals surface area contributed by atoms with Gasteiger partial charge in [0.05, 0.1) is 58.6 Å². The highest BCUT2D eigenvalue weighted by Gasteiger charge is 2.20. The third kappa shape index (κ3) is 16.0. The molecule has 1 N–H and O–H groups in total. The van der Waals surface area contributed by atoms with Crippen LogP contribution in [-0.4, -0.2) is 103 Å². The molecule has 0 spiro atoms. The maximum absolute atomic E-state index is 9.45. The first-order valence-corrected chi connectivity index (χ1v) is 42.0. The molecule has 129 heavy (non-hydrogen) atoms. The fourth-order valence-corrected chi connectivity index (χ4v) is 16.1. The standard InChI is InChI=1S/3C22H16N4.C21H14N4O.C21H14N4/c1-15-7-9-16(10-8-15)17-12-24-22-20(13-25-26(22)14-17)18-4-2-6-21-19(18)5-3-11-23-21;1-15-7-9-16(10-8-15)18-12-24-22-20(13-25-26(22)14-18)19-6-2-4-17-5-3-11-23-21(17)19;1-15-6-8-16(9-7-15)19-12-24-22-20(13-25-26(22)14-19)18-10-17-4-2-3-5-21(17)23-11-18;26-16-7-5-14(6-8-16)15-11-23-21-19(12-24-25(21)13-15)17-9-10-22-20-4-2-1-3-18(17)20;1-2-6-15(7-3-1)16-12-23-21-19(13-24-25(21)14-16)17-10-11-22-20-9-5-4-8-18(17)20/h3*2-14H,1H3;1-13,26H;1-14H. The second-order valence-electron chi connectivity index (χ2n) is 31.3. The second kappa shape index (κ2) is 34.5. The maximum atomic E-state index is 9.45. The van der Waals surface area contributed by atoms with E-state index in [0.717, 1.165) is 194 Å². The number of nitrogens with zero attached hydrogens (tertiary/aromatic N) is 20. The number of para-hydroxylation sites is 4. The largest absolute Gasteiger partial charge is 0.508 e. The fourth-order valence-electron chi connectivity index (χ4n) is 16.1. The van der Waals surface area contributed by atoms with Gasteiger partial charge < -0.3 is 5.11 Å². The van der Waals surface area contributed by atoms with Crippen LogP contribution in [0.5, 0.6) is 5.75 Å². The highest BCUT2D eigenvalue weighted by atomic mass is 16.3. The number of hydrogen-bond donors (Lipinski definition) is 1. The first-order chi connectivity index (χ1) is 63.6. The first-order valence-electron chi connectivity index (χ1n) is 42.0. The summed E-state index contributed by atoms with van der Waals surface area (Å²) < 4.78 is 9.14. The van der Waals surface area contributed by atoms with E-state index in [1.165, 1.54) is 16.7 Å². The van der Waals surface area contributed by atoms with Gasteiger partial charge in [0.15, 0.2) is 28.2 Å². The van der Waals surface area contributed by atoms with Crippen molar-refractivity contribution in [3.05, 3.63) is 420 Å². The summed E-state index contributed by atoms with van der Waals surface area (Å²) in [6.45, 7) is 6.26. The van der Waals surface area contributed by atoms with Crippen molar-refractivity contribution in [1.29, 1.82) is 0 Å². The van der Waals surface area contributed by atoms with Crippen LogP contribution in [0.2, 0.25) is 0 Å². The Kier molecular flexibility index (Phi) is 20.9. The van der Waals surface area contributed by atoms with Crippen LogP contribution >= 0.6 is 0 Å². The molecule has 15 heterocycles. The fraction of sp³-hybridized carbons (Fsp3) is 0.0278. The molecule has 0 fully saturated rings. The molecule has 0 atom stereocenters. The minimum absolute atomic E-state index is 0.244. The molecule has 0 saturated carbocycles. The Morgan fingerprint density at radius 2 is 0.519 bits per heavy atom. The zero-order chi connectivity index (χ0) is 86.7. The third-order valence-electron chi connectivity index (χ3n) is 22.9. The lowest BCUT2D eigenvalue weighted by Crippen LogP contribution is -1.92. The van der Waals surface area contributed by atoms with Crippen molar-refractivity contribution in [2.75, 3.05) is 0 Å².